The Morgan fingerprint density at radius 2 is 1.97 bits per heavy atom. The molecule has 0 amide bonds. The van der Waals surface area contributed by atoms with Crippen LogP contribution in [0.25, 0.3) is 11.0 Å². The van der Waals surface area contributed by atoms with E-state index in [9.17, 15) is 0 Å². The number of hydrogen-bond donors (Lipinski definition) is 3. The molecule has 6 rings (SSSR count). The maximum Gasteiger partial charge on any atom is 0.166 e. The summed E-state index contributed by atoms with van der Waals surface area (Å²) in [6, 6.07) is 18.6. The van der Waals surface area contributed by atoms with E-state index in [1.54, 1.807) is 0 Å². The van der Waals surface area contributed by atoms with Gasteiger partial charge < -0.3 is 16.0 Å². The lowest BCUT2D eigenvalue weighted by molar-refractivity contribution is 0.157. The van der Waals surface area contributed by atoms with E-state index >= 15 is 0 Å². The Labute approximate surface area is 180 Å². The van der Waals surface area contributed by atoms with Crippen LogP contribution < -0.4 is 16.1 Å². The van der Waals surface area contributed by atoms with Gasteiger partial charge in [0.25, 0.3) is 0 Å². The van der Waals surface area contributed by atoms with Crippen LogP contribution in [0.2, 0.25) is 0 Å². The Morgan fingerprint density at radius 1 is 1.06 bits per heavy atom. The molecule has 4 aromatic rings. The second-order valence-corrected chi connectivity index (χ2v) is 8.11. The Hall–Kier alpha value is -3.42. The number of nitrogens with one attached hydrogen (secondary N) is 2. The molecule has 31 heavy (non-hydrogen) atoms. The molecule has 7 nitrogen and oxygen atoms in total. The van der Waals surface area contributed by atoms with E-state index in [1.165, 1.54) is 11.1 Å². The highest BCUT2D eigenvalue weighted by atomic mass is 16.7. The summed E-state index contributed by atoms with van der Waals surface area (Å²) in [5, 5.41) is 6.49. The van der Waals surface area contributed by atoms with Crippen LogP contribution >= 0.6 is 0 Å². The van der Waals surface area contributed by atoms with Gasteiger partial charge in [-0.05, 0) is 41.3 Å². The number of hydrogen-bond acceptors (Lipinski definition) is 6. The number of rotatable bonds is 3. The van der Waals surface area contributed by atoms with E-state index in [2.05, 4.69) is 40.6 Å². The van der Waals surface area contributed by atoms with E-state index in [0.29, 0.717) is 6.61 Å². The number of H-pyrrole nitrogens is 1. The molecule has 0 saturated carbocycles. The van der Waals surface area contributed by atoms with E-state index in [1.807, 2.05) is 35.5 Å². The molecule has 0 bridgehead atoms. The van der Waals surface area contributed by atoms with Gasteiger partial charge >= 0.3 is 0 Å². The second kappa shape index (κ2) is 7.37. The number of nitrogens with zero attached hydrogens (tertiary/aromatic N) is 3. The van der Waals surface area contributed by atoms with Crippen molar-refractivity contribution in [3.63, 3.8) is 0 Å². The third-order valence-corrected chi connectivity index (χ3v) is 6.19. The van der Waals surface area contributed by atoms with Gasteiger partial charge in [0.2, 0.25) is 0 Å². The summed E-state index contributed by atoms with van der Waals surface area (Å²) in [4.78, 5) is 19.3. The number of aromatic nitrogens is 3. The molecule has 2 aliphatic rings. The normalized spacial score (nSPS) is 20.8. The Bertz CT molecular complexity index is 1240. The minimum Gasteiger partial charge on any atom is -0.399 e. The molecule has 156 valence electrons. The largest absolute Gasteiger partial charge is 0.399 e. The molecule has 2 aliphatic heterocycles. The van der Waals surface area contributed by atoms with Crippen molar-refractivity contribution < 1.29 is 4.84 Å². The van der Waals surface area contributed by atoms with Gasteiger partial charge in [0.1, 0.15) is 5.65 Å². The zero-order chi connectivity index (χ0) is 20.8. The molecule has 1 fully saturated rings. The highest BCUT2D eigenvalue weighted by Gasteiger charge is 2.32. The van der Waals surface area contributed by atoms with Crippen LogP contribution in [0, 0.1) is 0 Å². The summed E-state index contributed by atoms with van der Waals surface area (Å²) in [7, 11) is 0. The van der Waals surface area contributed by atoms with Crippen molar-refractivity contribution in [2.24, 2.45) is 0 Å². The Balaban J connectivity index is 1.47. The average Bonchev–Trinajstić information content (AvgIpc) is 3.48. The number of nitrogen functional groups attached to an aromatic ring is 1. The molecule has 4 heterocycles. The van der Waals surface area contributed by atoms with Crippen LogP contribution in [0.15, 0.2) is 60.8 Å². The lowest BCUT2D eigenvalue weighted by atomic mass is 9.93. The van der Waals surface area contributed by atoms with Crippen LogP contribution in [0.5, 0.6) is 0 Å². The summed E-state index contributed by atoms with van der Waals surface area (Å²) in [6.45, 7) is 1.53. The topological polar surface area (TPSA) is 92.1 Å². The maximum atomic E-state index is 6.11. The van der Waals surface area contributed by atoms with Gasteiger partial charge in [-0.3, -0.25) is 4.84 Å². The van der Waals surface area contributed by atoms with Crippen molar-refractivity contribution in [3.8, 4) is 0 Å². The molecular formula is C24H24N6O. The fraction of sp³-hybridized carbons (Fsp3) is 0.250. The van der Waals surface area contributed by atoms with Gasteiger partial charge in [0.15, 0.2) is 11.6 Å². The third-order valence-electron chi connectivity index (χ3n) is 6.19. The quantitative estimate of drug-likeness (QED) is 0.445. The summed E-state index contributed by atoms with van der Waals surface area (Å²) in [5.74, 6) is 1.52. The molecule has 0 spiro atoms. The number of fused-ring (bicyclic) bond motifs is 2. The van der Waals surface area contributed by atoms with Crippen LogP contribution in [0.1, 0.15) is 41.0 Å². The molecule has 7 heteroatoms. The van der Waals surface area contributed by atoms with Gasteiger partial charge in [0.05, 0.1) is 24.1 Å². The SMILES string of the molecule is Nc1ccc2c(c1)C(c1nc(N3OCCC3c3ccccc3)c3cc[nH]c3n1)NCC2. The number of nitrogens with two attached hydrogens (primary N) is 1. The highest BCUT2D eigenvalue weighted by Crippen LogP contribution is 2.38. The highest BCUT2D eigenvalue weighted by molar-refractivity contribution is 5.87. The van der Waals surface area contributed by atoms with Gasteiger partial charge in [-0.15, -0.1) is 0 Å². The van der Waals surface area contributed by atoms with E-state index in [4.69, 9.17) is 20.5 Å². The molecule has 2 aromatic carbocycles. The molecular weight excluding hydrogens is 388 g/mol. The van der Waals surface area contributed by atoms with Crippen LogP contribution in [-0.4, -0.2) is 28.1 Å². The lowest BCUT2D eigenvalue weighted by Crippen LogP contribution is -2.32. The monoisotopic (exact) mass is 412 g/mol. The standard InChI is InChI=1S/C24H24N6O/c25-17-7-6-15-8-11-26-21(19(15)14-17)23-28-22-18(9-12-27-22)24(29-23)30-20(10-13-31-30)16-4-2-1-3-5-16/h1-7,9,12,14,20-21,26H,8,10-11,13,25H2,(H,27,28,29). The Morgan fingerprint density at radius 3 is 2.87 bits per heavy atom. The average molecular weight is 412 g/mol. The predicted molar refractivity (Wildman–Crippen MR) is 121 cm³/mol. The first kappa shape index (κ1) is 18.4. The second-order valence-electron chi connectivity index (χ2n) is 8.11. The zero-order valence-corrected chi connectivity index (χ0v) is 17.1. The zero-order valence-electron chi connectivity index (χ0n) is 17.1. The van der Waals surface area contributed by atoms with E-state index in [-0.39, 0.29) is 12.1 Å². The number of anilines is 2. The fourth-order valence-corrected chi connectivity index (χ4v) is 4.70. The van der Waals surface area contributed by atoms with Crippen LogP contribution in [0.4, 0.5) is 11.5 Å². The molecule has 2 atom stereocenters. The smallest absolute Gasteiger partial charge is 0.166 e. The van der Waals surface area contributed by atoms with E-state index < -0.39 is 0 Å². The summed E-state index contributed by atoms with van der Waals surface area (Å²) < 4.78 is 0. The minimum atomic E-state index is -0.114. The third kappa shape index (κ3) is 3.13. The van der Waals surface area contributed by atoms with Crippen LogP contribution in [0.3, 0.4) is 0 Å². The molecule has 0 aliphatic carbocycles. The maximum absolute atomic E-state index is 6.11. The van der Waals surface area contributed by atoms with Gasteiger partial charge in [-0.2, -0.15) is 0 Å². The van der Waals surface area contributed by atoms with Crippen LogP contribution in [-0.2, 0) is 11.3 Å². The Kier molecular flexibility index (Phi) is 4.36. The molecule has 4 N–H and O–H groups in total. The van der Waals surface area contributed by atoms with Crippen molar-refractivity contribution in [2.45, 2.75) is 24.9 Å². The number of benzene rings is 2. The van der Waals surface area contributed by atoms with Crippen molar-refractivity contribution >= 4 is 22.5 Å². The summed E-state index contributed by atoms with van der Waals surface area (Å²) in [6.07, 6.45) is 3.78. The fourth-order valence-electron chi connectivity index (χ4n) is 4.70. The van der Waals surface area contributed by atoms with Crippen molar-refractivity contribution in [2.75, 3.05) is 23.9 Å². The first-order chi connectivity index (χ1) is 15.3. The van der Waals surface area contributed by atoms with Crippen molar-refractivity contribution in [1.82, 2.24) is 20.3 Å². The molecule has 1 saturated heterocycles. The minimum absolute atomic E-state index is 0.114. The van der Waals surface area contributed by atoms with E-state index in [0.717, 1.165) is 53.3 Å². The van der Waals surface area contributed by atoms with Crippen molar-refractivity contribution in [1.29, 1.82) is 0 Å². The molecule has 2 unspecified atom stereocenters. The molecule has 0 radical (unpaired) electrons. The summed E-state index contributed by atoms with van der Waals surface area (Å²) in [5.41, 5.74) is 11.3. The number of hydroxylamine groups is 1. The first-order valence-electron chi connectivity index (χ1n) is 10.7. The molecule has 2 aromatic heterocycles. The number of aromatic amines is 1. The van der Waals surface area contributed by atoms with Crippen molar-refractivity contribution in [3.05, 3.63) is 83.3 Å². The predicted octanol–water partition coefficient (Wildman–Crippen LogP) is 3.66. The van der Waals surface area contributed by atoms with Gasteiger partial charge in [-0.25, -0.2) is 15.0 Å². The first-order valence-corrected chi connectivity index (χ1v) is 10.7. The van der Waals surface area contributed by atoms with Gasteiger partial charge in [-0.1, -0.05) is 36.4 Å². The lowest BCUT2D eigenvalue weighted by Gasteiger charge is -2.28. The summed E-state index contributed by atoms with van der Waals surface area (Å²) >= 11 is 0. The van der Waals surface area contributed by atoms with Gasteiger partial charge in [0, 0.05) is 24.8 Å².